The number of nitrogens with one attached hydrogen (secondary N) is 2. The Hall–Kier alpha value is -1.29. The summed E-state index contributed by atoms with van der Waals surface area (Å²) in [5.41, 5.74) is 2.75. The molecule has 1 fully saturated rings. The number of ether oxygens (including phenoxy) is 1. The van der Waals surface area contributed by atoms with Crippen LogP contribution in [0.15, 0.2) is 6.20 Å². The third kappa shape index (κ3) is 2.52. The largest absolute Gasteiger partial charge is 0.462 e. The van der Waals surface area contributed by atoms with Gasteiger partial charge in [-0.2, -0.15) is 0 Å². The number of hydrogen-bond acceptors (Lipinski definition) is 3. The molecule has 1 atom stereocenters. The molecule has 1 aliphatic heterocycles. The summed E-state index contributed by atoms with van der Waals surface area (Å²) in [6, 6.07) is 0. The monoisotopic (exact) mass is 236 g/mol. The molecule has 4 heteroatoms. The molecule has 4 nitrogen and oxygen atoms in total. The summed E-state index contributed by atoms with van der Waals surface area (Å²) in [5, 5.41) is 3.37. The van der Waals surface area contributed by atoms with Gasteiger partial charge in [0, 0.05) is 18.4 Å². The summed E-state index contributed by atoms with van der Waals surface area (Å²) >= 11 is 0. The topological polar surface area (TPSA) is 54.1 Å². The highest BCUT2D eigenvalue weighted by atomic mass is 16.5. The molecule has 0 aliphatic carbocycles. The standard InChI is InChI=1S/C13H20N2O2/c1-3-17-13(16)12-9(2)15-8-11(12)10-5-4-6-14-7-10/h8,10,14-15H,3-7H2,1-2H3. The Balaban J connectivity index is 2.24. The normalized spacial score (nSPS) is 20.2. The lowest BCUT2D eigenvalue weighted by Gasteiger charge is -2.23. The molecular formula is C13H20N2O2. The number of piperidine rings is 1. The van der Waals surface area contributed by atoms with E-state index in [9.17, 15) is 4.79 Å². The predicted molar refractivity (Wildman–Crippen MR) is 66.3 cm³/mol. The van der Waals surface area contributed by atoms with Crippen LogP contribution in [0.4, 0.5) is 0 Å². The van der Waals surface area contributed by atoms with E-state index in [1.807, 2.05) is 20.0 Å². The maximum Gasteiger partial charge on any atom is 0.340 e. The Kier molecular flexibility index (Phi) is 3.84. The van der Waals surface area contributed by atoms with E-state index < -0.39 is 0 Å². The second-order valence-corrected chi connectivity index (χ2v) is 4.51. The van der Waals surface area contributed by atoms with E-state index in [4.69, 9.17) is 4.74 Å². The fourth-order valence-corrected chi connectivity index (χ4v) is 2.46. The number of esters is 1. The van der Waals surface area contributed by atoms with Crippen LogP contribution >= 0.6 is 0 Å². The van der Waals surface area contributed by atoms with Gasteiger partial charge in [-0.3, -0.25) is 0 Å². The maximum atomic E-state index is 11.9. The molecule has 0 saturated carbocycles. The highest BCUT2D eigenvalue weighted by molar-refractivity contribution is 5.92. The van der Waals surface area contributed by atoms with Crippen molar-refractivity contribution in [1.29, 1.82) is 0 Å². The maximum absolute atomic E-state index is 11.9. The number of carbonyl (C=O) groups excluding carboxylic acids is 1. The Morgan fingerprint density at radius 3 is 3.06 bits per heavy atom. The van der Waals surface area contributed by atoms with Gasteiger partial charge in [-0.05, 0) is 44.7 Å². The third-order valence-corrected chi connectivity index (χ3v) is 3.32. The summed E-state index contributed by atoms with van der Waals surface area (Å²) < 4.78 is 5.12. The number of aromatic amines is 1. The van der Waals surface area contributed by atoms with Crippen LogP contribution in [-0.4, -0.2) is 30.6 Å². The summed E-state index contributed by atoms with van der Waals surface area (Å²) in [6.07, 6.45) is 4.26. The Morgan fingerprint density at radius 1 is 1.59 bits per heavy atom. The number of rotatable bonds is 3. The van der Waals surface area contributed by atoms with E-state index in [-0.39, 0.29) is 5.97 Å². The van der Waals surface area contributed by atoms with Crippen LogP contribution in [0.3, 0.4) is 0 Å². The molecule has 1 aromatic heterocycles. The second-order valence-electron chi connectivity index (χ2n) is 4.51. The van der Waals surface area contributed by atoms with Gasteiger partial charge in [-0.1, -0.05) is 0 Å². The zero-order chi connectivity index (χ0) is 12.3. The number of H-pyrrole nitrogens is 1. The summed E-state index contributed by atoms with van der Waals surface area (Å²) in [4.78, 5) is 15.1. The highest BCUT2D eigenvalue weighted by Gasteiger charge is 2.24. The highest BCUT2D eigenvalue weighted by Crippen LogP contribution is 2.28. The van der Waals surface area contributed by atoms with E-state index >= 15 is 0 Å². The fraction of sp³-hybridized carbons (Fsp3) is 0.615. The zero-order valence-corrected chi connectivity index (χ0v) is 10.5. The molecule has 0 aromatic carbocycles. The van der Waals surface area contributed by atoms with Gasteiger partial charge in [0.1, 0.15) is 0 Å². The quantitative estimate of drug-likeness (QED) is 0.789. The number of aromatic nitrogens is 1. The van der Waals surface area contributed by atoms with Crippen LogP contribution in [0.2, 0.25) is 0 Å². The fourth-order valence-electron chi connectivity index (χ4n) is 2.46. The molecule has 0 bridgehead atoms. The van der Waals surface area contributed by atoms with E-state index in [2.05, 4.69) is 10.3 Å². The summed E-state index contributed by atoms with van der Waals surface area (Å²) in [7, 11) is 0. The average molecular weight is 236 g/mol. The van der Waals surface area contributed by atoms with Crippen LogP contribution in [-0.2, 0) is 4.74 Å². The predicted octanol–water partition coefficient (Wildman–Crippen LogP) is 1.97. The smallest absolute Gasteiger partial charge is 0.340 e. The van der Waals surface area contributed by atoms with Crippen molar-refractivity contribution in [2.24, 2.45) is 0 Å². The lowest BCUT2D eigenvalue weighted by molar-refractivity contribution is 0.0524. The molecular weight excluding hydrogens is 216 g/mol. The van der Waals surface area contributed by atoms with Crippen molar-refractivity contribution >= 4 is 5.97 Å². The lowest BCUT2D eigenvalue weighted by atomic mass is 9.90. The van der Waals surface area contributed by atoms with Crippen LogP contribution in [0.25, 0.3) is 0 Å². The molecule has 94 valence electrons. The molecule has 2 N–H and O–H groups in total. The minimum absolute atomic E-state index is 0.202. The first-order chi connectivity index (χ1) is 8.24. The first-order valence-electron chi connectivity index (χ1n) is 6.29. The van der Waals surface area contributed by atoms with Crippen molar-refractivity contribution in [2.45, 2.75) is 32.6 Å². The van der Waals surface area contributed by atoms with Crippen LogP contribution in [0.5, 0.6) is 0 Å². The Morgan fingerprint density at radius 2 is 2.41 bits per heavy atom. The van der Waals surface area contributed by atoms with Gasteiger partial charge in [-0.25, -0.2) is 4.79 Å². The first kappa shape index (κ1) is 12.2. The third-order valence-electron chi connectivity index (χ3n) is 3.32. The van der Waals surface area contributed by atoms with Gasteiger partial charge in [0.15, 0.2) is 0 Å². The van der Waals surface area contributed by atoms with Gasteiger partial charge in [0.2, 0.25) is 0 Å². The zero-order valence-electron chi connectivity index (χ0n) is 10.5. The second kappa shape index (κ2) is 5.36. The summed E-state index contributed by atoms with van der Waals surface area (Å²) in [5.74, 6) is 0.222. The SMILES string of the molecule is CCOC(=O)c1c(C2CCCNC2)c[nH]c1C. The van der Waals surface area contributed by atoms with Crippen LogP contribution in [0.1, 0.15) is 47.3 Å². The van der Waals surface area contributed by atoms with Gasteiger partial charge in [0.05, 0.1) is 12.2 Å². The Bertz CT molecular complexity index is 392. The van der Waals surface area contributed by atoms with E-state index in [0.717, 1.165) is 42.8 Å². The van der Waals surface area contributed by atoms with E-state index in [1.165, 1.54) is 0 Å². The molecule has 1 saturated heterocycles. The van der Waals surface area contributed by atoms with Crippen molar-refractivity contribution in [3.8, 4) is 0 Å². The molecule has 1 aromatic rings. The van der Waals surface area contributed by atoms with Crippen LogP contribution < -0.4 is 5.32 Å². The number of hydrogen-bond donors (Lipinski definition) is 2. The molecule has 0 spiro atoms. The van der Waals surface area contributed by atoms with Gasteiger partial charge in [0.25, 0.3) is 0 Å². The first-order valence-corrected chi connectivity index (χ1v) is 6.29. The van der Waals surface area contributed by atoms with Crippen LogP contribution in [0, 0.1) is 6.92 Å². The summed E-state index contributed by atoms with van der Waals surface area (Å²) in [6.45, 7) is 6.21. The van der Waals surface area contributed by atoms with Gasteiger partial charge >= 0.3 is 5.97 Å². The number of carbonyl (C=O) groups is 1. The molecule has 2 rings (SSSR count). The molecule has 0 radical (unpaired) electrons. The number of aryl methyl sites for hydroxylation is 1. The van der Waals surface area contributed by atoms with E-state index in [1.54, 1.807) is 0 Å². The van der Waals surface area contributed by atoms with E-state index in [0.29, 0.717) is 12.5 Å². The van der Waals surface area contributed by atoms with Gasteiger partial charge < -0.3 is 15.0 Å². The average Bonchev–Trinajstić information content (AvgIpc) is 2.73. The van der Waals surface area contributed by atoms with Gasteiger partial charge in [-0.15, -0.1) is 0 Å². The molecule has 1 aliphatic rings. The lowest BCUT2D eigenvalue weighted by Crippen LogP contribution is -2.29. The molecule has 0 amide bonds. The molecule has 17 heavy (non-hydrogen) atoms. The van der Waals surface area contributed by atoms with Crippen molar-refractivity contribution in [3.05, 3.63) is 23.0 Å². The van der Waals surface area contributed by atoms with Crippen molar-refractivity contribution in [1.82, 2.24) is 10.3 Å². The van der Waals surface area contributed by atoms with Crippen molar-refractivity contribution < 1.29 is 9.53 Å². The Labute approximate surface area is 102 Å². The molecule has 1 unspecified atom stereocenters. The van der Waals surface area contributed by atoms with Crippen molar-refractivity contribution in [2.75, 3.05) is 19.7 Å². The van der Waals surface area contributed by atoms with Crippen molar-refractivity contribution in [3.63, 3.8) is 0 Å². The minimum atomic E-state index is -0.202. The minimum Gasteiger partial charge on any atom is -0.462 e. The molecule has 2 heterocycles.